The molecule has 2 heterocycles. The number of hydrogen-bond donors (Lipinski definition) is 2. The fraction of sp³-hybridized carbons (Fsp3) is 0.533. The van der Waals surface area contributed by atoms with Crippen molar-refractivity contribution in [1.82, 2.24) is 10.2 Å². The number of hydrogen-bond acceptors (Lipinski definition) is 3. The third-order valence-corrected chi connectivity index (χ3v) is 4.97. The third-order valence-electron chi connectivity index (χ3n) is 4.37. The number of carbonyl (C=O) groups excluding carboxylic acids is 1. The molecule has 108 valence electrons. The van der Waals surface area contributed by atoms with Gasteiger partial charge in [0.15, 0.2) is 0 Å². The first-order chi connectivity index (χ1) is 9.65. The largest absolute Gasteiger partial charge is 0.348 e. The number of fused-ring (bicyclic) bond motifs is 1. The van der Waals surface area contributed by atoms with Crippen molar-refractivity contribution < 1.29 is 4.79 Å². The molecule has 3 nitrogen and oxygen atoms in total. The number of amides is 1. The second-order valence-corrected chi connectivity index (χ2v) is 6.56. The van der Waals surface area contributed by atoms with Gasteiger partial charge in [-0.1, -0.05) is 18.0 Å². The summed E-state index contributed by atoms with van der Waals surface area (Å²) >= 11 is 10.4. The first-order valence-corrected chi connectivity index (χ1v) is 8.01. The van der Waals surface area contributed by atoms with Gasteiger partial charge in [-0.3, -0.25) is 9.69 Å². The van der Waals surface area contributed by atoms with Crippen LogP contribution in [-0.4, -0.2) is 36.0 Å². The van der Waals surface area contributed by atoms with E-state index in [0.717, 1.165) is 17.9 Å². The maximum absolute atomic E-state index is 12.4. The van der Waals surface area contributed by atoms with Crippen LogP contribution >= 0.6 is 24.2 Å². The van der Waals surface area contributed by atoms with E-state index < -0.39 is 0 Å². The molecule has 2 aliphatic rings. The number of halogens is 1. The Morgan fingerprint density at radius 2 is 2.15 bits per heavy atom. The molecule has 2 unspecified atom stereocenters. The Hall–Kier alpha value is -0.710. The highest BCUT2D eigenvalue weighted by atomic mass is 35.5. The van der Waals surface area contributed by atoms with E-state index >= 15 is 0 Å². The third kappa shape index (κ3) is 2.83. The molecule has 2 saturated heterocycles. The highest BCUT2D eigenvalue weighted by Crippen LogP contribution is 2.28. The van der Waals surface area contributed by atoms with Gasteiger partial charge in [0.2, 0.25) is 0 Å². The summed E-state index contributed by atoms with van der Waals surface area (Å²) in [4.78, 5) is 15.7. The van der Waals surface area contributed by atoms with Crippen molar-refractivity contribution in [1.29, 1.82) is 0 Å². The van der Waals surface area contributed by atoms with Gasteiger partial charge in [0.1, 0.15) is 0 Å². The molecule has 0 saturated carbocycles. The predicted molar refractivity (Wildman–Crippen MR) is 83.8 cm³/mol. The van der Waals surface area contributed by atoms with E-state index in [0.29, 0.717) is 16.6 Å². The molecule has 1 aromatic rings. The molecule has 2 atom stereocenters. The van der Waals surface area contributed by atoms with Gasteiger partial charge in [-0.05, 0) is 44.0 Å². The van der Waals surface area contributed by atoms with Gasteiger partial charge in [-0.2, -0.15) is 0 Å². The zero-order chi connectivity index (χ0) is 14.1. The summed E-state index contributed by atoms with van der Waals surface area (Å²) in [5, 5.41) is 3.65. The van der Waals surface area contributed by atoms with Gasteiger partial charge in [0.05, 0.1) is 10.6 Å². The Morgan fingerprint density at radius 1 is 1.30 bits per heavy atom. The molecule has 0 bridgehead atoms. The molecule has 3 rings (SSSR count). The molecule has 1 amide bonds. The van der Waals surface area contributed by atoms with Crippen LogP contribution in [0.25, 0.3) is 0 Å². The summed E-state index contributed by atoms with van der Waals surface area (Å²) in [5.41, 5.74) is 0.522. The molecule has 2 fully saturated rings. The van der Waals surface area contributed by atoms with Gasteiger partial charge in [-0.15, -0.1) is 12.6 Å². The quantitative estimate of drug-likeness (QED) is 0.823. The minimum Gasteiger partial charge on any atom is -0.348 e. The fourth-order valence-corrected chi connectivity index (χ4v) is 3.76. The van der Waals surface area contributed by atoms with Crippen LogP contribution in [0, 0.1) is 0 Å². The fourth-order valence-electron chi connectivity index (χ4n) is 3.35. The molecular formula is C15H19ClN2OS. The Labute approximate surface area is 130 Å². The predicted octanol–water partition coefficient (Wildman–Crippen LogP) is 2.99. The molecular weight excluding hydrogens is 292 g/mol. The molecule has 5 heteroatoms. The molecule has 0 aliphatic carbocycles. The van der Waals surface area contributed by atoms with Crippen molar-refractivity contribution >= 4 is 30.1 Å². The van der Waals surface area contributed by atoms with E-state index in [1.54, 1.807) is 18.2 Å². The smallest absolute Gasteiger partial charge is 0.253 e. The molecule has 0 aromatic heterocycles. The van der Waals surface area contributed by atoms with E-state index in [1.807, 2.05) is 0 Å². The van der Waals surface area contributed by atoms with Crippen molar-refractivity contribution in [2.24, 2.45) is 0 Å². The van der Waals surface area contributed by atoms with Crippen LogP contribution in [0.3, 0.4) is 0 Å². The lowest BCUT2D eigenvalue weighted by Crippen LogP contribution is -2.46. The SMILES string of the molecule is O=C(NC1CCN2CCCCC12)c1cc(S)ccc1Cl. The number of nitrogens with one attached hydrogen (secondary N) is 1. The summed E-state index contributed by atoms with van der Waals surface area (Å²) < 4.78 is 0. The summed E-state index contributed by atoms with van der Waals surface area (Å²) in [6.45, 7) is 2.26. The van der Waals surface area contributed by atoms with Crippen LogP contribution in [0.1, 0.15) is 36.0 Å². The van der Waals surface area contributed by atoms with Gasteiger partial charge >= 0.3 is 0 Å². The van der Waals surface area contributed by atoms with Crippen LogP contribution in [0.4, 0.5) is 0 Å². The molecule has 1 N–H and O–H groups in total. The molecule has 0 radical (unpaired) electrons. The summed E-state index contributed by atoms with van der Waals surface area (Å²) in [7, 11) is 0. The first-order valence-electron chi connectivity index (χ1n) is 7.18. The van der Waals surface area contributed by atoms with E-state index in [-0.39, 0.29) is 11.9 Å². The normalized spacial score (nSPS) is 26.3. The number of thiol groups is 1. The van der Waals surface area contributed by atoms with Crippen LogP contribution in [0.15, 0.2) is 23.1 Å². The average molecular weight is 311 g/mol. The number of benzene rings is 1. The summed E-state index contributed by atoms with van der Waals surface area (Å²) in [5.74, 6) is -0.0803. The molecule has 2 aliphatic heterocycles. The van der Waals surface area contributed by atoms with E-state index in [2.05, 4.69) is 22.8 Å². The lowest BCUT2D eigenvalue weighted by molar-refractivity contribution is 0.0915. The van der Waals surface area contributed by atoms with Crippen molar-refractivity contribution in [2.45, 2.75) is 42.7 Å². The van der Waals surface area contributed by atoms with E-state index in [4.69, 9.17) is 11.6 Å². The van der Waals surface area contributed by atoms with Crippen LogP contribution in [0.5, 0.6) is 0 Å². The average Bonchev–Trinajstić information content (AvgIpc) is 2.85. The van der Waals surface area contributed by atoms with Crippen molar-refractivity contribution in [3.05, 3.63) is 28.8 Å². The van der Waals surface area contributed by atoms with Crippen molar-refractivity contribution in [2.75, 3.05) is 13.1 Å². The standard InChI is InChI=1S/C15H19ClN2OS/c16-12-5-4-10(20)9-11(12)15(19)17-13-6-8-18-7-2-1-3-14(13)18/h4-5,9,13-14,20H,1-3,6-8H2,(H,17,19). The second-order valence-electron chi connectivity index (χ2n) is 5.63. The van der Waals surface area contributed by atoms with Gasteiger partial charge in [0.25, 0.3) is 5.91 Å². The van der Waals surface area contributed by atoms with Crippen molar-refractivity contribution in [3.8, 4) is 0 Å². The zero-order valence-corrected chi connectivity index (χ0v) is 13.0. The second kappa shape index (κ2) is 5.96. The van der Waals surface area contributed by atoms with Crippen LogP contribution < -0.4 is 5.32 Å². The summed E-state index contributed by atoms with van der Waals surface area (Å²) in [6.07, 6.45) is 4.77. The maximum atomic E-state index is 12.4. The van der Waals surface area contributed by atoms with E-state index in [9.17, 15) is 4.79 Å². The highest BCUT2D eigenvalue weighted by Gasteiger charge is 2.36. The zero-order valence-electron chi connectivity index (χ0n) is 11.3. The van der Waals surface area contributed by atoms with E-state index in [1.165, 1.54) is 25.8 Å². The molecule has 0 spiro atoms. The Morgan fingerprint density at radius 3 is 3.00 bits per heavy atom. The molecule has 20 heavy (non-hydrogen) atoms. The lowest BCUT2D eigenvalue weighted by atomic mass is 9.99. The lowest BCUT2D eigenvalue weighted by Gasteiger charge is -2.32. The Balaban J connectivity index is 1.71. The van der Waals surface area contributed by atoms with Gasteiger partial charge in [-0.25, -0.2) is 0 Å². The minimum absolute atomic E-state index is 0.0803. The minimum atomic E-state index is -0.0803. The molecule has 1 aromatic carbocycles. The first kappa shape index (κ1) is 14.2. The van der Waals surface area contributed by atoms with Crippen molar-refractivity contribution in [3.63, 3.8) is 0 Å². The topological polar surface area (TPSA) is 32.3 Å². The van der Waals surface area contributed by atoms with Gasteiger partial charge < -0.3 is 5.32 Å². The van der Waals surface area contributed by atoms with Crippen LogP contribution in [0.2, 0.25) is 5.02 Å². The number of carbonyl (C=O) groups is 1. The summed E-state index contributed by atoms with van der Waals surface area (Å²) in [6, 6.07) is 6.00. The maximum Gasteiger partial charge on any atom is 0.253 e. The highest BCUT2D eigenvalue weighted by molar-refractivity contribution is 7.80. The number of piperidine rings is 1. The number of rotatable bonds is 2. The monoisotopic (exact) mass is 310 g/mol. The number of nitrogens with zero attached hydrogens (tertiary/aromatic N) is 1. The van der Waals surface area contributed by atoms with Crippen LogP contribution in [-0.2, 0) is 0 Å². The Kier molecular flexibility index (Phi) is 4.24. The Bertz CT molecular complexity index is 523. The van der Waals surface area contributed by atoms with Gasteiger partial charge in [0, 0.05) is 23.5 Å².